The molecule has 11 aromatic rings. The highest BCUT2D eigenvalue weighted by molar-refractivity contribution is 6.18. The van der Waals surface area contributed by atoms with E-state index in [1.807, 2.05) is 36.4 Å². The van der Waals surface area contributed by atoms with Crippen molar-refractivity contribution < 1.29 is 8.83 Å². The number of para-hydroxylation sites is 2. The van der Waals surface area contributed by atoms with Crippen molar-refractivity contribution in [2.24, 2.45) is 0 Å². The Morgan fingerprint density at radius 1 is 0.415 bits per heavy atom. The van der Waals surface area contributed by atoms with Gasteiger partial charge in [0.05, 0.1) is 23.3 Å². The molecule has 0 fully saturated rings. The molecule has 0 spiro atoms. The molecule has 0 saturated heterocycles. The fraction of sp³-hybridized carbons (Fsp3) is 0. The van der Waals surface area contributed by atoms with Crippen molar-refractivity contribution in [3.63, 3.8) is 0 Å². The number of rotatable bonds is 4. The molecule has 3 heterocycles. The first-order valence-electron chi connectivity index (χ1n) is 17.7. The minimum Gasteiger partial charge on any atom is -0.465 e. The van der Waals surface area contributed by atoms with Gasteiger partial charge in [-0.15, -0.1) is 0 Å². The van der Waals surface area contributed by atoms with Gasteiger partial charge in [-0.1, -0.05) is 115 Å². The molecular weight excluding hydrogens is 649 g/mol. The summed E-state index contributed by atoms with van der Waals surface area (Å²) in [4.78, 5) is 4.01. The summed E-state index contributed by atoms with van der Waals surface area (Å²) < 4.78 is 15.3. The summed E-state index contributed by atoms with van der Waals surface area (Å²) >= 11 is 0. The normalized spacial score (nSPS) is 11.8. The highest BCUT2D eigenvalue weighted by atomic mass is 16.3. The van der Waals surface area contributed by atoms with Crippen molar-refractivity contribution in [1.82, 2.24) is 4.57 Å². The summed E-state index contributed by atoms with van der Waals surface area (Å²) in [6.07, 6.45) is 0. The maximum atomic E-state index is 8.25. The van der Waals surface area contributed by atoms with Crippen LogP contribution in [0.4, 0.5) is 5.69 Å². The number of hydrogen-bond acceptors (Lipinski definition) is 2. The lowest BCUT2D eigenvalue weighted by Crippen LogP contribution is -1.94. The Morgan fingerprint density at radius 2 is 1.02 bits per heavy atom. The van der Waals surface area contributed by atoms with Gasteiger partial charge in [0.2, 0.25) is 5.69 Å². The largest absolute Gasteiger partial charge is 0.465 e. The van der Waals surface area contributed by atoms with Crippen LogP contribution in [0.5, 0.6) is 0 Å². The van der Waals surface area contributed by atoms with E-state index in [1.165, 1.54) is 22.3 Å². The molecule has 4 heteroatoms. The van der Waals surface area contributed by atoms with E-state index >= 15 is 0 Å². The van der Waals surface area contributed by atoms with Crippen LogP contribution in [0.25, 0.3) is 110 Å². The number of furan rings is 2. The van der Waals surface area contributed by atoms with Gasteiger partial charge in [-0.25, -0.2) is 4.85 Å². The number of hydrogen-bond donors (Lipinski definition) is 0. The summed E-state index contributed by atoms with van der Waals surface area (Å²) in [6, 6.07) is 59.2. The highest BCUT2D eigenvalue weighted by Gasteiger charge is 2.22. The fourth-order valence-electron chi connectivity index (χ4n) is 8.20. The van der Waals surface area contributed by atoms with E-state index in [1.54, 1.807) is 0 Å². The summed E-state index contributed by atoms with van der Waals surface area (Å²) in [5.74, 6) is 0. The van der Waals surface area contributed by atoms with Crippen LogP contribution in [0, 0.1) is 6.57 Å². The Bertz CT molecular complexity index is 3190. The van der Waals surface area contributed by atoms with E-state index in [0.717, 1.165) is 76.9 Å². The van der Waals surface area contributed by atoms with Gasteiger partial charge >= 0.3 is 0 Å². The molecule has 0 aliphatic carbocycles. The van der Waals surface area contributed by atoms with Gasteiger partial charge in [0, 0.05) is 32.3 Å². The minimum absolute atomic E-state index is 0.478. The van der Waals surface area contributed by atoms with Crippen LogP contribution >= 0.6 is 0 Å². The molecule has 0 amide bonds. The smallest absolute Gasteiger partial charge is 0.230 e. The zero-order valence-electron chi connectivity index (χ0n) is 28.4. The van der Waals surface area contributed by atoms with E-state index < -0.39 is 0 Å². The summed E-state index contributed by atoms with van der Waals surface area (Å²) in [7, 11) is 0. The average molecular weight is 677 g/mol. The lowest BCUT2D eigenvalue weighted by atomic mass is 9.97. The zero-order chi connectivity index (χ0) is 35.0. The first-order valence-corrected chi connectivity index (χ1v) is 17.7. The van der Waals surface area contributed by atoms with E-state index in [4.69, 9.17) is 15.4 Å². The maximum absolute atomic E-state index is 8.25. The van der Waals surface area contributed by atoms with Crippen molar-refractivity contribution in [1.29, 1.82) is 0 Å². The Balaban J connectivity index is 1.17. The molecule has 0 atom stereocenters. The Labute approximate surface area is 304 Å². The molecular formula is C49H28N2O2. The standard InChI is InChI=1S/C49H28N2O2/c1-50-41-29-34(35-17-11-21-46-47(35)37-16-8-9-20-45(37)52-46)28-40-36-18-10-19-44(49(36)53-48(40)41)51-42-24-22-32(30-12-4-2-5-13-30)26-38(42)39-27-33(23-25-43(39)51)31-14-6-3-7-15-31/h2-29H. The molecule has 246 valence electrons. The topological polar surface area (TPSA) is 35.6 Å². The number of fused-ring (bicyclic) bond motifs is 9. The Hall–Kier alpha value is -7.35. The van der Waals surface area contributed by atoms with Crippen molar-refractivity contribution in [2.45, 2.75) is 0 Å². The lowest BCUT2D eigenvalue weighted by Gasteiger charge is -2.09. The monoisotopic (exact) mass is 676 g/mol. The molecule has 53 heavy (non-hydrogen) atoms. The van der Waals surface area contributed by atoms with Gasteiger partial charge in [-0.2, -0.15) is 0 Å². The molecule has 0 saturated carbocycles. The predicted octanol–water partition coefficient (Wildman–Crippen LogP) is 14.1. The predicted molar refractivity (Wildman–Crippen MR) is 218 cm³/mol. The summed E-state index contributed by atoms with van der Waals surface area (Å²) in [5.41, 5.74) is 13.2. The molecule has 0 bridgehead atoms. The quantitative estimate of drug-likeness (QED) is 0.174. The van der Waals surface area contributed by atoms with Gasteiger partial charge in [0.15, 0.2) is 5.58 Å². The molecule has 3 aromatic heterocycles. The zero-order valence-corrected chi connectivity index (χ0v) is 28.4. The van der Waals surface area contributed by atoms with Crippen LogP contribution in [0.15, 0.2) is 179 Å². The molecule has 0 aliphatic rings. The molecule has 0 unspecified atom stereocenters. The molecule has 0 aliphatic heterocycles. The third kappa shape index (κ3) is 4.41. The van der Waals surface area contributed by atoms with Crippen molar-refractivity contribution >= 4 is 71.4 Å². The molecule has 8 aromatic carbocycles. The minimum atomic E-state index is 0.478. The number of aromatic nitrogens is 1. The van der Waals surface area contributed by atoms with Gasteiger partial charge in [0.1, 0.15) is 16.7 Å². The van der Waals surface area contributed by atoms with Crippen molar-refractivity contribution in [3.8, 4) is 39.1 Å². The summed E-state index contributed by atoms with van der Waals surface area (Å²) in [5, 5.41) is 6.30. The Morgan fingerprint density at radius 3 is 1.72 bits per heavy atom. The van der Waals surface area contributed by atoms with Gasteiger partial charge < -0.3 is 13.4 Å². The van der Waals surface area contributed by atoms with Crippen molar-refractivity contribution in [2.75, 3.05) is 0 Å². The molecule has 11 rings (SSSR count). The maximum Gasteiger partial charge on any atom is 0.230 e. The lowest BCUT2D eigenvalue weighted by molar-refractivity contribution is 0.668. The van der Waals surface area contributed by atoms with Gasteiger partial charge in [-0.3, -0.25) is 0 Å². The van der Waals surface area contributed by atoms with Crippen LogP contribution < -0.4 is 0 Å². The van der Waals surface area contributed by atoms with E-state index in [0.29, 0.717) is 11.3 Å². The van der Waals surface area contributed by atoms with Crippen LogP contribution in [0.3, 0.4) is 0 Å². The summed E-state index contributed by atoms with van der Waals surface area (Å²) in [6.45, 7) is 8.25. The first kappa shape index (κ1) is 29.4. The van der Waals surface area contributed by atoms with Crippen LogP contribution in [-0.2, 0) is 0 Å². The second kappa shape index (κ2) is 11.3. The van der Waals surface area contributed by atoms with Gasteiger partial charge in [0.25, 0.3) is 0 Å². The van der Waals surface area contributed by atoms with Crippen molar-refractivity contribution in [3.05, 3.63) is 181 Å². The van der Waals surface area contributed by atoms with E-state index in [2.05, 4.69) is 143 Å². The molecule has 0 N–H and O–H groups in total. The number of nitrogens with zero attached hydrogens (tertiary/aromatic N) is 2. The van der Waals surface area contributed by atoms with Crippen LogP contribution in [0.1, 0.15) is 0 Å². The first-order chi connectivity index (χ1) is 26.2. The third-order valence-electron chi connectivity index (χ3n) is 10.6. The van der Waals surface area contributed by atoms with Crippen LogP contribution in [-0.4, -0.2) is 4.57 Å². The third-order valence-corrected chi connectivity index (χ3v) is 10.6. The fourth-order valence-corrected chi connectivity index (χ4v) is 8.20. The SMILES string of the molecule is [C-]#[N+]c1cc(-c2cccc3oc4ccccc4c23)cc2c1oc1c(-n3c4ccc(-c5ccccc5)cc4c4cc(-c5ccccc5)ccc43)cccc12. The highest BCUT2D eigenvalue weighted by Crippen LogP contribution is 2.45. The second-order valence-electron chi connectivity index (χ2n) is 13.5. The molecule has 0 radical (unpaired) electrons. The van der Waals surface area contributed by atoms with E-state index in [9.17, 15) is 0 Å². The second-order valence-corrected chi connectivity index (χ2v) is 13.5. The molecule has 4 nitrogen and oxygen atoms in total. The number of benzene rings is 8. The average Bonchev–Trinajstić information content (AvgIpc) is 3.90. The van der Waals surface area contributed by atoms with Gasteiger partial charge in [-0.05, 0) is 88.0 Å². The van der Waals surface area contributed by atoms with E-state index in [-0.39, 0.29) is 0 Å². The Kier molecular flexibility index (Phi) is 6.28. The van der Waals surface area contributed by atoms with Crippen LogP contribution in [0.2, 0.25) is 0 Å².